The SMILES string of the molecule is O=C(c1ccc[nH]1)c1ccccc1I. The van der Waals surface area contributed by atoms with Gasteiger partial charge in [-0.2, -0.15) is 0 Å². The summed E-state index contributed by atoms with van der Waals surface area (Å²) in [6.45, 7) is 0. The van der Waals surface area contributed by atoms with Gasteiger partial charge in [0, 0.05) is 15.3 Å². The predicted molar refractivity (Wildman–Crippen MR) is 63.4 cm³/mol. The molecule has 0 atom stereocenters. The molecule has 2 aromatic rings. The van der Waals surface area contributed by atoms with Gasteiger partial charge in [0.15, 0.2) is 0 Å². The number of rotatable bonds is 2. The number of aromatic amines is 1. The van der Waals surface area contributed by atoms with Crippen LogP contribution >= 0.6 is 22.6 Å². The third-order valence-corrected chi connectivity index (χ3v) is 2.90. The normalized spacial score (nSPS) is 10.1. The van der Waals surface area contributed by atoms with E-state index in [4.69, 9.17) is 0 Å². The lowest BCUT2D eigenvalue weighted by Gasteiger charge is -2.00. The zero-order valence-electron chi connectivity index (χ0n) is 7.33. The number of H-pyrrole nitrogens is 1. The van der Waals surface area contributed by atoms with Gasteiger partial charge in [-0.25, -0.2) is 0 Å². The Bertz CT molecular complexity index is 448. The van der Waals surface area contributed by atoms with E-state index in [-0.39, 0.29) is 5.78 Å². The molecule has 1 aromatic heterocycles. The molecule has 1 aromatic carbocycles. The van der Waals surface area contributed by atoms with Crippen LogP contribution in [0.5, 0.6) is 0 Å². The zero-order chi connectivity index (χ0) is 9.97. The molecule has 0 amide bonds. The Hall–Kier alpha value is -1.10. The topological polar surface area (TPSA) is 32.9 Å². The Balaban J connectivity index is 2.42. The smallest absolute Gasteiger partial charge is 0.210 e. The van der Waals surface area contributed by atoms with Gasteiger partial charge in [0.1, 0.15) is 0 Å². The summed E-state index contributed by atoms with van der Waals surface area (Å²) in [5.41, 5.74) is 1.38. The number of nitrogens with one attached hydrogen (secondary N) is 1. The van der Waals surface area contributed by atoms with Crippen molar-refractivity contribution in [2.75, 3.05) is 0 Å². The van der Waals surface area contributed by atoms with Crippen molar-refractivity contribution < 1.29 is 4.79 Å². The van der Waals surface area contributed by atoms with Gasteiger partial charge in [-0.3, -0.25) is 4.79 Å². The second-order valence-electron chi connectivity index (χ2n) is 2.89. The summed E-state index contributed by atoms with van der Waals surface area (Å²) < 4.78 is 0.977. The van der Waals surface area contributed by atoms with Crippen molar-refractivity contribution in [3.05, 3.63) is 57.4 Å². The summed E-state index contributed by atoms with van der Waals surface area (Å²) in [6, 6.07) is 11.2. The molecule has 0 aliphatic heterocycles. The molecule has 1 heterocycles. The molecule has 0 unspecified atom stereocenters. The lowest BCUT2D eigenvalue weighted by atomic mass is 10.1. The minimum atomic E-state index is 0.0417. The molecule has 0 spiro atoms. The van der Waals surface area contributed by atoms with Gasteiger partial charge in [0.2, 0.25) is 5.78 Å². The number of hydrogen-bond acceptors (Lipinski definition) is 1. The molecule has 0 saturated carbocycles. The number of carbonyl (C=O) groups excluding carboxylic acids is 1. The van der Waals surface area contributed by atoms with E-state index in [1.54, 1.807) is 12.3 Å². The molecule has 0 aliphatic carbocycles. The fraction of sp³-hybridized carbons (Fsp3) is 0. The average molecular weight is 297 g/mol. The Kier molecular flexibility index (Phi) is 2.67. The number of carbonyl (C=O) groups is 1. The van der Waals surface area contributed by atoms with Gasteiger partial charge in [0.25, 0.3) is 0 Å². The molecule has 70 valence electrons. The maximum Gasteiger partial charge on any atom is 0.210 e. The van der Waals surface area contributed by atoms with E-state index in [9.17, 15) is 4.79 Å². The third-order valence-electron chi connectivity index (χ3n) is 1.96. The Morgan fingerprint density at radius 3 is 2.57 bits per heavy atom. The number of hydrogen-bond donors (Lipinski definition) is 1. The highest BCUT2D eigenvalue weighted by Gasteiger charge is 2.11. The van der Waals surface area contributed by atoms with E-state index in [1.165, 1.54) is 0 Å². The number of benzene rings is 1. The summed E-state index contributed by atoms with van der Waals surface area (Å²) in [5.74, 6) is 0.0417. The Morgan fingerprint density at radius 2 is 1.93 bits per heavy atom. The highest BCUT2D eigenvalue weighted by atomic mass is 127. The van der Waals surface area contributed by atoms with E-state index >= 15 is 0 Å². The molecule has 2 nitrogen and oxygen atoms in total. The largest absolute Gasteiger partial charge is 0.359 e. The first-order valence-corrected chi connectivity index (χ1v) is 5.29. The van der Waals surface area contributed by atoms with Crippen molar-refractivity contribution in [3.63, 3.8) is 0 Å². The standard InChI is InChI=1S/C11H8INO/c12-9-5-2-1-4-8(9)11(14)10-6-3-7-13-10/h1-7,13H. The van der Waals surface area contributed by atoms with Gasteiger partial charge in [0.05, 0.1) is 5.69 Å². The van der Waals surface area contributed by atoms with Gasteiger partial charge < -0.3 is 4.98 Å². The van der Waals surface area contributed by atoms with E-state index in [0.717, 1.165) is 9.13 Å². The van der Waals surface area contributed by atoms with Crippen molar-refractivity contribution in [1.29, 1.82) is 0 Å². The van der Waals surface area contributed by atoms with Crippen LogP contribution in [0.2, 0.25) is 0 Å². The second kappa shape index (κ2) is 3.96. The van der Waals surface area contributed by atoms with Crippen molar-refractivity contribution >= 4 is 28.4 Å². The minimum Gasteiger partial charge on any atom is -0.359 e. The lowest BCUT2D eigenvalue weighted by molar-refractivity contribution is 0.103. The fourth-order valence-corrected chi connectivity index (χ4v) is 1.89. The molecular formula is C11H8INO. The Labute approximate surface area is 95.5 Å². The summed E-state index contributed by atoms with van der Waals surface area (Å²) in [7, 11) is 0. The quantitative estimate of drug-likeness (QED) is 0.671. The van der Waals surface area contributed by atoms with Crippen LogP contribution in [0.4, 0.5) is 0 Å². The summed E-state index contributed by atoms with van der Waals surface area (Å²) >= 11 is 2.17. The molecule has 3 heteroatoms. The summed E-state index contributed by atoms with van der Waals surface area (Å²) in [4.78, 5) is 14.8. The van der Waals surface area contributed by atoms with Crippen LogP contribution in [0.25, 0.3) is 0 Å². The van der Waals surface area contributed by atoms with Gasteiger partial charge >= 0.3 is 0 Å². The molecule has 2 rings (SSSR count). The van der Waals surface area contributed by atoms with Crippen molar-refractivity contribution in [3.8, 4) is 0 Å². The van der Waals surface area contributed by atoms with E-state index in [0.29, 0.717) is 5.69 Å². The first-order valence-electron chi connectivity index (χ1n) is 4.21. The van der Waals surface area contributed by atoms with Crippen LogP contribution in [0, 0.1) is 3.57 Å². The van der Waals surface area contributed by atoms with Crippen LogP contribution in [0.3, 0.4) is 0 Å². The number of halogens is 1. The molecule has 0 aliphatic rings. The molecular weight excluding hydrogens is 289 g/mol. The molecule has 0 saturated heterocycles. The van der Waals surface area contributed by atoms with E-state index in [2.05, 4.69) is 27.6 Å². The molecule has 0 fully saturated rings. The molecule has 14 heavy (non-hydrogen) atoms. The average Bonchev–Trinajstić information content (AvgIpc) is 2.70. The number of ketones is 1. The fourth-order valence-electron chi connectivity index (χ4n) is 1.26. The molecule has 1 N–H and O–H groups in total. The van der Waals surface area contributed by atoms with Gasteiger partial charge in [-0.1, -0.05) is 12.1 Å². The highest BCUT2D eigenvalue weighted by molar-refractivity contribution is 14.1. The van der Waals surface area contributed by atoms with E-state index < -0.39 is 0 Å². The third kappa shape index (κ3) is 1.72. The monoisotopic (exact) mass is 297 g/mol. The van der Waals surface area contributed by atoms with Crippen LogP contribution in [0.15, 0.2) is 42.6 Å². The van der Waals surface area contributed by atoms with Crippen LogP contribution in [-0.2, 0) is 0 Å². The molecule has 0 radical (unpaired) electrons. The first-order chi connectivity index (χ1) is 6.79. The highest BCUT2D eigenvalue weighted by Crippen LogP contribution is 2.15. The van der Waals surface area contributed by atoms with Crippen LogP contribution < -0.4 is 0 Å². The maximum absolute atomic E-state index is 11.9. The minimum absolute atomic E-state index is 0.0417. The van der Waals surface area contributed by atoms with Crippen molar-refractivity contribution in [2.45, 2.75) is 0 Å². The number of aromatic nitrogens is 1. The van der Waals surface area contributed by atoms with Crippen LogP contribution in [-0.4, -0.2) is 10.8 Å². The van der Waals surface area contributed by atoms with Gasteiger partial charge in [-0.05, 0) is 46.9 Å². The Morgan fingerprint density at radius 1 is 1.14 bits per heavy atom. The van der Waals surface area contributed by atoms with Crippen molar-refractivity contribution in [1.82, 2.24) is 4.98 Å². The maximum atomic E-state index is 11.9. The lowest BCUT2D eigenvalue weighted by Crippen LogP contribution is -2.03. The van der Waals surface area contributed by atoms with Crippen LogP contribution in [0.1, 0.15) is 16.1 Å². The van der Waals surface area contributed by atoms with E-state index in [1.807, 2.05) is 30.3 Å². The predicted octanol–water partition coefficient (Wildman–Crippen LogP) is 2.85. The summed E-state index contributed by atoms with van der Waals surface area (Å²) in [6.07, 6.45) is 1.75. The summed E-state index contributed by atoms with van der Waals surface area (Å²) in [5, 5.41) is 0. The second-order valence-corrected chi connectivity index (χ2v) is 4.05. The zero-order valence-corrected chi connectivity index (χ0v) is 9.49. The van der Waals surface area contributed by atoms with Crippen molar-refractivity contribution in [2.24, 2.45) is 0 Å². The molecule has 0 bridgehead atoms. The van der Waals surface area contributed by atoms with Gasteiger partial charge in [-0.15, -0.1) is 0 Å². The first kappa shape index (κ1) is 9.45.